The summed E-state index contributed by atoms with van der Waals surface area (Å²) in [4.78, 5) is 9.44. The molecule has 0 bridgehead atoms. The minimum Gasteiger partial charge on any atom is -0.300 e. The molecule has 0 aromatic rings. The molecule has 0 atom stereocenters. The van der Waals surface area contributed by atoms with Crippen LogP contribution in [0.1, 0.15) is 52.4 Å². The fourth-order valence-corrected chi connectivity index (χ4v) is 1.06. The summed E-state index contributed by atoms with van der Waals surface area (Å²) >= 11 is 14.4. The first-order valence-corrected chi connectivity index (χ1v) is 6.17. The first kappa shape index (κ1) is 17.0. The van der Waals surface area contributed by atoms with Crippen molar-refractivity contribution in [2.75, 3.05) is 0 Å². The first-order chi connectivity index (χ1) is 6.46. The average molecular weight is 262 g/mol. The maximum absolute atomic E-state index is 9.44. The number of rotatable bonds is 0. The molecule has 0 unspecified atom stereocenters. The summed E-state index contributed by atoms with van der Waals surface area (Å²) < 4.78 is -0.750. The Kier molecular flexibility index (Phi) is 16.4. The number of carbonyl (C=O) groups is 1. The minimum atomic E-state index is -0.750. The van der Waals surface area contributed by atoms with E-state index in [9.17, 15) is 4.79 Å². The summed E-state index contributed by atoms with van der Waals surface area (Å²) in [7, 11) is 0. The molecule has 14 heavy (non-hydrogen) atoms. The Labute approximate surface area is 102 Å². The van der Waals surface area contributed by atoms with Crippen molar-refractivity contribution in [2.45, 2.75) is 56.7 Å². The van der Waals surface area contributed by atoms with Crippen molar-refractivity contribution < 1.29 is 4.79 Å². The van der Waals surface area contributed by atoms with Gasteiger partial charge in [-0.3, -0.25) is 0 Å². The minimum absolute atomic E-state index is 0.167. The lowest BCUT2D eigenvalue weighted by Crippen LogP contribution is -1.85. The van der Waals surface area contributed by atoms with Crippen molar-refractivity contribution in [3.05, 3.63) is 0 Å². The molecule has 1 saturated carbocycles. The molecule has 0 radical (unpaired) electrons. The van der Waals surface area contributed by atoms with E-state index in [0.29, 0.717) is 0 Å². The molecule has 0 heterocycles. The van der Waals surface area contributed by atoms with Crippen LogP contribution >= 0.6 is 34.8 Å². The third-order valence-corrected chi connectivity index (χ3v) is 1.50. The van der Waals surface area contributed by atoms with E-state index in [1.165, 1.54) is 52.4 Å². The van der Waals surface area contributed by atoms with Crippen LogP contribution < -0.4 is 0 Å². The van der Waals surface area contributed by atoms with Crippen LogP contribution in [0, 0.1) is 0 Å². The van der Waals surface area contributed by atoms with E-state index in [4.69, 9.17) is 34.8 Å². The zero-order chi connectivity index (χ0) is 11.4. The largest absolute Gasteiger partial charge is 0.300 e. The SMILES string of the molecule is C1CCCCC1.CC(C)=O.ClC(Cl)Cl. The molecular formula is C10H19Cl3O. The fraction of sp³-hybridized carbons (Fsp3) is 0.900. The summed E-state index contributed by atoms with van der Waals surface area (Å²) in [5, 5.41) is 0. The van der Waals surface area contributed by atoms with Gasteiger partial charge < -0.3 is 4.79 Å². The van der Waals surface area contributed by atoms with Crippen LogP contribution in [0.5, 0.6) is 0 Å². The van der Waals surface area contributed by atoms with Crippen LogP contribution in [0.4, 0.5) is 0 Å². The van der Waals surface area contributed by atoms with Gasteiger partial charge in [-0.15, -0.1) is 0 Å². The van der Waals surface area contributed by atoms with Crippen LogP contribution in [-0.4, -0.2) is 10.1 Å². The lowest BCUT2D eigenvalue weighted by atomic mass is 10.0. The quantitative estimate of drug-likeness (QED) is 0.566. The topological polar surface area (TPSA) is 17.1 Å². The molecule has 1 nitrogen and oxygen atoms in total. The lowest BCUT2D eigenvalue weighted by Gasteiger charge is -2.05. The molecule has 0 aliphatic heterocycles. The Hall–Kier alpha value is 0.540. The van der Waals surface area contributed by atoms with Crippen LogP contribution in [-0.2, 0) is 4.79 Å². The summed E-state index contributed by atoms with van der Waals surface area (Å²) in [6.07, 6.45) is 9.00. The van der Waals surface area contributed by atoms with Crippen LogP contribution in [0.25, 0.3) is 0 Å². The lowest BCUT2D eigenvalue weighted by molar-refractivity contribution is -0.114. The van der Waals surface area contributed by atoms with Crippen molar-refractivity contribution >= 4 is 40.6 Å². The summed E-state index contributed by atoms with van der Waals surface area (Å²) in [5.41, 5.74) is 0. The van der Waals surface area contributed by atoms with E-state index in [-0.39, 0.29) is 5.78 Å². The maximum atomic E-state index is 9.44. The van der Waals surface area contributed by atoms with Gasteiger partial charge in [0, 0.05) is 0 Å². The molecule has 86 valence electrons. The molecule has 0 spiro atoms. The number of ketones is 1. The zero-order valence-corrected chi connectivity index (χ0v) is 11.1. The molecule has 0 saturated heterocycles. The Morgan fingerprint density at radius 2 is 0.929 bits per heavy atom. The number of Topliss-reactive ketones (excluding diaryl/α,β-unsaturated/α-hetero) is 1. The summed E-state index contributed by atoms with van der Waals surface area (Å²) in [5.74, 6) is 0.167. The highest BCUT2D eigenvalue weighted by molar-refractivity contribution is 6.63. The average Bonchev–Trinajstić information content (AvgIpc) is 2.05. The van der Waals surface area contributed by atoms with E-state index >= 15 is 0 Å². The third kappa shape index (κ3) is 39.0. The van der Waals surface area contributed by atoms with E-state index in [1.807, 2.05) is 0 Å². The molecule has 0 amide bonds. The van der Waals surface area contributed by atoms with Gasteiger partial charge in [-0.25, -0.2) is 0 Å². The fourth-order valence-electron chi connectivity index (χ4n) is 1.06. The van der Waals surface area contributed by atoms with Gasteiger partial charge in [-0.05, 0) is 13.8 Å². The van der Waals surface area contributed by atoms with Crippen molar-refractivity contribution in [1.82, 2.24) is 0 Å². The number of alkyl halides is 3. The van der Waals surface area contributed by atoms with E-state index < -0.39 is 4.30 Å². The summed E-state index contributed by atoms with van der Waals surface area (Å²) in [6, 6.07) is 0. The molecular weight excluding hydrogens is 242 g/mol. The highest BCUT2D eigenvalue weighted by atomic mass is 35.6. The highest BCUT2D eigenvalue weighted by Crippen LogP contribution is 2.15. The maximum Gasteiger partial charge on any atom is 0.180 e. The predicted octanol–water partition coefficient (Wildman–Crippen LogP) is 4.92. The van der Waals surface area contributed by atoms with Crippen LogP contribution in [0.2, 0.25) is 0 Å². The second kappa shape index (κ2) is 13.5. The zero-order valence-electron chi connectivity index (χ0n) is 8.86. The van der Waals surface area contributed by atoms with Crippen molar-refractivity contribution in [3.8, 4) is 0 Å². The number of carbonyl (C=O) groups excluding carboxylic acids is 1. The smallest absolute Gasteiger partial charge is 0.180 e. The molecule has 0 aromatic heterocycles. The number of hydrogen-bond acceptors (Lipinski definition) is 1. The Balaban J connectivity index is 0. The van der Waals surface area contributed by atoms with Crippen molar-refractivity contribution in [2.24, 2.45) is 0 Å². The van der Waals surface area contributed by atoms with Gasteiger partial charge >= 0.3 is 0 Å². The predicted molar refractivity (Wildman–Crippen MR) is 65.4 cm³/mol. The second-order valence-electron chi connectivity index (χ2n) is 3.28. The van der Waals surface area contributed by atoms with E-state index in [1.54, 1.807) is 0 Å². The van der Waals surface area contributed by atoms with Crippen molar-refractivity contribution in [3.63, 3.8) is 0 Å². The van der Waals surface area contributed by atoms with Crippen LogP contribution in [0.15, 0.2) is 0 Å². The Morgan fingerprint density at radius 1 is 0.857 bits per heavy atom. The molecule has 1 fully saturated rings. The first-order valence-electron chi connectivity index (χ1n) is 4.86. The van der Waals surface area contributed by atoms with Crippen molar-refractivity contribution in [1.29, 1.82) is 0 Å². The van der Waals surface area contributed by atoms with Gasteiger partial charge in [0.15, 0.2) is 4.30 Å². The third-order valence-electron chi connectivity index (χ3n) is 1.50. The van der Waals surface area contributed by atoms with Gasteiger partial charge in [-0.1, -0.05) is 73.3 Å². The van der Waals surface area contributed by atoms with E-state index in [2.05, 4.69) is 0 Å². The molecule has 4 heteroatoms. The van der Waals surface area contributed by atoms with Gasteiger partial charge in [0.2, 0.25) is 0 Å². The Morgan fingerprint density at radius 3 is 1.00 bits per heavy atom. The van der Waals surface area contributed by atoms with Gasteiger partial charge in [0.25, 0.3) is 0 Å². The highest BCUT2D eigenvalue weighted by Gasteiger charge is 1.95. The number of halogens is 3. The van der Waals surface area contributed by atoms with Crippen LogP contribution in [0.3, 0.4) is 0 Å². The van der Waals surface area contributed by atoms with E-state index in [0.717, 1.165) is 0 Å². The normalized spacial score (nSPS) is 14.7. The van der Waals surface area contributed by atoms with Gasteiger partial charge in [-0.2, -0.15) is 0 Å². The molecule has 0 N–H and O–H groups in total. The molecule has 1 aliphatic rings. The number of hydrogen-bond donors (Lipinski definition) is 0. The molecule has 0 aromatic carbocycles. The summed E-state index contributed by atoms with van der Waals surface area (Å²) in [6.45, 7) is 3.06. The monoisotopic (exact) mass is 260 g/mol. The second-order valence-corrected chi connectivity index (χ2v) is 5.26. The van der Waals surface area contributed by atoms with Gasteiger partial charge in [0.05, 0.1) is 0 Å². The molecule has 1 aliphatic carbocycles. The molecule has 1 rings (SSSR count). The van der Waals surface area contributed by atoms with Gasteiger partial charge in [0.1, 0.15) is 5.78 Å². The Bertz CT molecular complexity index is 104. The standard InChI is InChI=1S/C6H12.C3H6O.CHCl3/c1-2-4-6-5-3-1;1-3(2)4;2-1(3)4/h1-6H2;1-2H3;1H.